The summed E-state index contributed by atoms with van der Waals surface area (Å²) in [6, 6.07) is 23.9. The van der Waals surface area contributed by atoms with E-state index in [-0.39, 0.29) is 6.54 Å². The maximum atomic E-state index is 11.8. The molecule has 0 spiro atoms. The van der Waals surface area contributed by atoms with Gasteiger partial charge in [0.2, 0.25) is 0 Å². The fourth-order valence-corrected chi connectivity index (χ4v) is 2.60. The Labute approximate surface area is 179 Å². The van der Waals surface area contributed by atoms with Crippen LogP contribution in [-0.4, -0.2) is 18.0 Å². The minimum absolute atomic E-state index is 0.272. The van der Waals surface area contributed by atoms with Crippen molar-refractivity contribution in [2.45, 2.75) is 13.2 Å². The van der Waals surface area contributed by atoms with Crippen molar-refractivity contribution in [3.63, 3.8) is 0 Å². The predicted molar refractivity (Wildman–Crippen MR) is 116 cm³/mol. The van der Waals surface area contributed by atoms with Crippen molar-refractivity contribution < 1.29 is 14.3 Å². The van der Waals surface area contributed by atoms with Gasteiger partial charge >= 0.3 is 11.8 Å². The minimum Gasteiger partial charge on any atom is -0.489 e. The Balaban J connectivity index is 1.42. The molecule has 0 aliphatic carbocycles. The Morgan fingerprint density at radius 3 is 2.27 bits per heavy atom. The molecular weight excluding hydrogens is 402 g/mol. The number of hydrogen-bond donors (Lipinski definition) is 2. The van der Waals surface area contributed by atoms with Gasteiger partial charge in [-0.3, -0.25) is 9.59 Å². The summed E-state index contributed by atoms with van der Waals surface area (Å²) in [6.07, 6.45) is 1.45. The smallest absolute Gasteiger partial charge is 0.329 e. The molecule has 30 heavy (non-hydrogen) atoms. The molecule has 2 N–H and O–H groups in total. The zero-order valence-corrected chi connectivity index (χ0v) is 16.8. The second-order valence-electron chi connectivity index (χ2n) is 6.35. The van der Waals surface area contributed by atoms with Crippen LogP contribution in [0.4, 0.5) is 0 Å². The van der Waals surface area contributed by atoms with Crippen LogP contribution in [-0.2, 0) is 22.7 Å². The Bertz CT molecular complexity index is 1000. The van der Waals surface area contributed by atoms with Crippen molar-refractivity contribution in [3.8, 4) is 5.75 Å². The van der Waals surface area contributed by atoms with Gasteiger partial charge in [0, 0.05) is 11.6 Å². The number of rotatable bonds is 7. The quantitative estimate of drug-likeness (QED) is 0.347. The van der Waals surface area contributed by atoms with Crippen LogP contribution in [0.15, 0.2) is 84.0 Å². The van der Waals surface area contributed by atoms with Gasteiger partial charge in [-0.15, -0.1) is 0 Å². The fourth-order valence-electron chi connectivity index (χ4n) is 2.47. The van der Waals surface area contributed by atoms with Crippen molar-refractivity contribution in [1.29, 1.82) is 0 Å². The molecule has 3 aromatic carbocycles. The van der Waals surface area contributed by atoms with Gasteiger partial charge in [0.15, 0.2) is 0 Å². The van der Waals surface area contributed by atoms with Gasteiger partial charge < -0.3 is 10.1 Å². The summed E-state index contributed by atoms with van der Waals surface area (Å²) in [6.45, 7) is 0.701. The molecule has 0 atom stereocenters. The monoisotopic (exact) mass is 421 g/mol. The van der Waals surface area contributed by atoms with Crippen LogP contribution in [0.3, 0.4) is 0 Å². The van der Waals surface area contributed by atoms with E-state index in [1.165, 1.54) is 6.21 Å². The number of carbonyl (C=O) groups excluding carboxylic acids is 2. The summed E-state index contributed by atoms with van der Waals surface area (Å²) in [5.41, 5.74) is 4.87. The molecule has 6 nitrogen and oxygen atoms in total. The number of amides is 2. The first kappa shape index (κ1) is 21.1. The average molecular weight is 422 g/mol. The summed E-state index contributed by atoms with van der Waals surface area (Å²) in [7, 11) is 0. The van der Waals surface area contributed by atoms with Gasteiger partial charge in [0.1, 0.15) is 12.4 Å². The molecule has 0 aliphatic rings. The predicted octanol–water partition coefficient (Wildman–Crippen LogP) is 3.69. The number of halogens is 1. The van der Waals surface area contributed by atoms with Gasteiger partial charge in [0.05, 0.1) is 6.21 Å². The Morgan fingerprint density at radius 1 is 0.867 bits per heavy atom. The second kappa shape index (κ2) is 10.8. The number of ether oxygens (including phenoxy) is 1. The molecule has 3 aromatic rings. The molecule has 0 saturated heterocycles. The van der Waals surface area contributed by atoms with Crippen molar-refractivity contribution in [3.05, 3.63) is 101 Å². The van der Waals surface area contributed by atoms with E-state index in [1.807, 2.05) is 54.6 Å². The van der Waals surface area contributed by atoms with Crippen LogP contribution in [0, 0.1) is 0 Å². The SMILES string of the molecule is O=C(NCc1ccccc1)C(=O)NN=Cc1ccc(OCc2ccc(Cl)cc2)cc1. The molecule has 152 valence electrons. The topological polar surface area (TPSA) is 79.8 Å². The Morgan fingerprint density at radius 2 is 1.57 bits per heavy atom. The third kappa shape index (κ3) is 6.76. The van der Waals surface area contributed by atoms with Crippen LogP contribution in [0.5, 0.6) is 5.75 Å². The molecule has 0 saturated carbocycles. The number of nitrogens with zero attached hydrogens (tertiary/aromatic N) is 1. The normalized spacial score (nSPS) is 10.6. The van der Waals surface area contributed by atoms with E-state index >= 15 is 0 Å². The van der Waals surface area contributed by atoms with Gasteiger partial charge in [-0.05, 0) is 53.1 Å². The number of nitrogens with one attached hydrogen (secondary N) is 2. The molecule has 0 bridgehead atoms. The maximum Gasteiger partial charge on any atom is 0.329 e. The summed E-state index contributed by atoms with van der Waals surface area (Å²) in [4.78, 5) is 23.6. The third-order valence-corrected chi connectivity index (χ3v) is 4.33. The molecule has 0 heterocycles. The number of carbonyl (C=O) groups is 2. The molecule has 3 rings (SSSR count). The Hall–Kier alpha value is -3.64. The van der Waals surface area contributed by atoms with Crippen molar-refractivity contribution >= 4 is 29.6 Å². The highest BCUT2D eigenvalue weighted by atomic mass is 35.5. The first-order valence-corrected chi connectivity index (χ1v) is 9.60. The highest BCUT2D eigenvalue weighted by molar-refractivity contribution is 6.35. The first-order valence-electron chi connectivity index (χ1n) is 9.22. The van der Waals surface area contributed by atoms with Crippen LogP contribution in [0.2, 0.25) is 5.02 Å². The summed E-state index contributed by atoms with van der Waals surface area (Å²) in [5.74, 6) is -0.876. The third-order valence-electron chi connectivity index (χ3n) is 4.08. The Kier molecular flexibility index (Phi) is 7.58. The van der Waals surface area contributed by atoms with Crippen LogP contribution >= 0.6 is 11.6 Å². The standard InChI is InChI=1S/C23H20ClN3O3/c24-20-10-6-19(7-11-20)16-30-21-12-8-18(9-13-21)15-26-27-23(29)22(28)25-14-17-4-2-1-3-5-17/h1-13,15H,14,16H2,(H,25,28)(H,27,29). The second-order valence-corrected chi connectivity index (χ2v) is 6.79. The molecule has 0 aliphatic heterocycles. The fraction of sp³-hybridized carbons (Fsp3) is 0.0870. The van der Waals surface area contributed by atoms with Crippen LogP contribution < -0.4 is 15.5 Å². The van der Waals surface area contributed by atoms with E-state index in [4.69, 9.17) is 16.3 Å². The van der Waals surface area contributed by atoms with Gasteiger partial charge in [0.25, 0.3) is 0 Å². The number of benzene rings is 3. The average Bonchev–Trinajstić information content (AvgIpc) is 2.78. The molecule has 0 radical (unpaired) electrons. The molecule has 2 amide bonds. The zero-order valence-electron chi connectivity index (χ0n) is 16.0. The lowest BCUT2D eigenvalue weighted by atomic mass is 10.2. The number of hydrogen-bond acceptors (Lipinski definition) is 4. The number of hydrazone groups is 1. The molecule has 7 heteroatoms. The van der Waals surface area contributed by atoms with Crippen molar-refractivity contribution in [2.75, 3.05) is 0 Å². The van der Waals surface area contributed by atoms with E-state index in [2.05, 4.69) is 15.8 Å². The molecular formula is C23H20ClN3O3. The van der Waals surface area contributed by atoms with Crippen molar-refractivity contribution in [2.24, 2.45) is 5.10 Å². The first-order chi connectivity index (χ1) is 14.6. The molecule has 0 unspecified atom stereocenters. The van der Waals surface area contributed by atoms with E-state index < -0.39 is 11.8 Å². The summed E-state index contributed by atoms with van der Waals surface area (Å²) < 4.78 is 5.71. The highest BCUT2D eigenvalue weighted by Gasteiger charge is 2.11. The minimum atomic E-state index is -0.829. The lowest BCUT2D eigenvalue weighted by molar-refractivity contribution is -0.139. The van der Waals surface area contributed by atoms with E-state index in [9.17, 15) is 9.59 Å². The van der Waals surface area contributed by atoms with E-state index in [1.54, 1.807) is 24.3 Å². The van der Waals surface area contributed by atoms with Crippen molar-refractivity contribution in [1.82, 2.24) is 10.7 Å². The van der Waals surface area contributed by atoms with Crippen LogP contribution in [0.1, 0.15) is 16.7 Å². The maximum absolute atomic E-state index is 11.8. The summed E-state index contributed by atoms with van der Waals surface area (Å²) in [5, 5.41) is 7.03. The van der Waals surface area contributed by atoms with Gasteiger partial charge in [-0.25, -0.2) is 5.43 Å². The lowest BCUT2D eigenvalue weighted by Gasteiger charge is -2.06. The van der Waals surface area contributed by atoms with E-state index in [0.717, 1.165) is 16.7 Å². The van der Waals surface area contributed by atoms with Gasteiger partial charge in [-0.2, -0.15) is 5.10 Å². The van der Waals surface area contributed by atoms with Crippen LogP contribution in [0.25, 0.3) is 0 Å². The molecule has 0 fully saturated rings. The highest BCUT2D eigenvalue weighted by Crippen LogP contribution is 2.15. The molecule has 0 aromatic heterocycles. The lowest BCUT2D eigenvalue weighted by Crippen LogP contribution is -2.37. The largest absolute Gasteiger partial charge is 0.489 e. The zero-order chi connectivity index (χ0) is 21.2. The summed E-state index contributed by atoms with van der Waals surface area (Å²) >= 11 is 5.86. The van der Waals surface area contributed by atoms with E-state index in [0.29, 0.717) is 17.4 Å². The van der Waals surface area contributed by atoms with Gasteiger partial charge in [-0.1, -0.05) is 54.1 Å².